The van der Waals surface area contributed by atoms with Crippen LogP contribution in [-0.4, -0.2) is 33.4 Å². The van der Waals surface area contributed by atoms with Crippen molar-refractivity contribution in [2.24, 2.45) is 0 Å². The molecule has 3 amide bonds. The van der Waals surface area contributed by atoms with Crippen LogP contribution in [0.3, 0.4) is 0 Å². The Bertz CT molecular complexity index is 797. The van der Waals surface area contributed by atoms with Crippen molar-refractivity contribution in [1.29, 1.82) is 0 Å². The quantitative estimate of drug-likeness (QED) is 0.645. The van der Waals surface area contributed by atoms with Crippen LogP contribution in [0.5, 0.6) is 0 Å². The van der Waals surface area contributed by atoms with Crippen LogP contribution >= 0.6 is 0 Å². The molecule has 3 rings (SSSR count). The standard InChI is InChI=1S/C17H16N4O3/c1-2-13-10-20(11-18-13)21(14-8-9-15(22)19-16(14)23)17(24)12-6-4-3-5-7-12/h1,3-4,6,10-11,14H,5,7-9H2,(H,19,22,23). The van der Waals surface area contributed by atoms with E-state index in [2.05, 4.69) is 16.2 Å². The molecular formula is C17H16N4O3. The van der Waals surface area contributed by atoms with Crippen molar-refractivity contribution in [2.45, 2.75) is 31.7 Å². The Hall–Kier alpha value is -3.14. The van der Waals surface area contributed by atoms with Crippen LogP contribution in [0.1, 0.15) is 31.4 Å². The Morgan fingerprint density at radius 1 is 1.42 bits per heavy atom. The molecule has 7 nitrogen and oxygen atoms in total. The van der Waals surface area contributed by atoms with Crippen molar-refractivity contribution in [3.8, 4) is 12.3 Å². The smallest absolute Gasteiger partial charge is 0.269 e. The first-order valence-corrected chi connectivity index (χ1v) is 7.64. The zero-order chi connectivity index (χ0) is 17.1. The van der Waals surface area contributed by atoms with E-state index in [-0.39, 0.29) is 24.7 Å². The number of hydrogen-bond donors (Lipinski definition) is 1. The molecule has 0 radical (unpaired) electrons. The number of amides is 3. The summed E-state index contributed by atoms with van der Waals surface area (Å²) in [5.41, 5.74) is 0.954. The highest BCUT2D eigenvalue weighted by molar-refractivity contribution is 6.08. The molecule has 24 heavy (non-hydrogen) atoms. The Balaban J connectivity index is 1.97. The first-order chi connectivity index (χ1) is 11.6. The molecule has 1 N–H and O–H groups in total. The molecule has 2 aliphatic rings. The highest BCUT2D eigenvalue weighted by Crippen LogP contribution is 2.19. The van der Waals surface area contributed by atoms with Crippen molar-refractivity contribution < 1.29 is 14.4 Å². The second kappa shape index (κ2) is 6.54. The maximum Gasteiger partial charge on any atom is 0.269 e. The molecule has 1 unspecified atom stereocenters. The number of nitrogens with zero attached hydrogens (tertiary/aromatic N) is 3. The zero-order valence-corrected chi connectivity index (χ0v) is 12.9. The second-order valence-corrected chi connectivity index (χ2v) is 5.56. The summed E-state index contributed by atoms with van der Waals surface area (Å²) in [6.07, 6.45) is 15.6. The lowest BCUT2D eigenvalue weighted by molar-refractivity contribution is -0.136. The highest BCUT2D eigenvalue weighted by Gasteiger charge is 2.36. The van der Waals surface area contributed by atoms with E-state index < -0.39 is 11.9 Å². The Kier molecular flexibility index (Phi) is 4.29. The minimum Gasteiger partial charge on any atom is -0.295 e. The van der Waals surface area contributed by atoms with Gasteiger partial charge >= 0.3 is 0 Å². The molecule has 0 saturated carbocycles. The number of hydrogen-bond acceptors (Lipinski definition) is 4. The van der Waals surface area contributed by atoms with Crippen molar-refractivity contribution in [3.63, 3.8) is 0 Å². The van der Waals surface area contributed by atoms with Gasteiger partial charge in [0, 0.05) is 12.0 Å². The van der Waals surface area contributed by atoms with Gasteiger partial charge in [0.25, 0.3) is 11.8 Å². The highest BCUT2D eigenvalue weighted by atomic mass is 16.2. The van der Waals surface area contributed by atoms with Gasteiger partial charge in [0.1, 0.15) is 18.1 Å². The number of imide groups is 1. The monoisotopic (exact) mass is 324 g/mol. The summed E-state index contributed by atoms with van der Waals surface area (Å²) < 4.78 is 1.43. The first kappa shape index (κ1) is 15.7. The predicted octanol–water partition coefficient (Wildman–Crippen LogP) is 0.411. The molecule has 7 heteroatoms. The summed E-state index contributed by atoms with van der Waals surface area (Å²) in [7, 11) is 0. The number of rotatable bonds is 3. The average Bonchev–Trinajstić information content (AvgIpc) is 3.06. The van der Waals surface area contributed by atoms with E-state index in [4.69, 9.17) is 6.42 Å². The first-order valence-electron chi connectivity index (χ1n) is 7.64. The lowest BCUT2D eigenvalue weighted by atomic mass is 10.0. The molecule has 1 aromatic heterocycles. The van der Waals surface area contributed by atoms with E-state index >= 15 is 0 Å². The SMILES string of the molecule is C#Cc1cn(N(C(=O)C2=CC=CCC2)C2CCC(=O)NC2=O)cn1. The van der Waals surface area contributed by atoms with E-state index in [0.717, 1.165) is 6.42 Å². The van der Waals surface area contributed by atoms with Gasteiger partial charge in [0.15, 0.2) is 0 Å². The summed E-state index contributed by atoms with van der Waals surface area (Å²) in [4.78, 5) is 40.6. The molecule has 1 saturated heterocycles. The number of nitrogens with one attached hydrogen (secondary N) is 1. The van der Waals surface area contributed by atoms with Gasteiger partial charge in [-0.3, -0.25) is 19.7 Å². The average molecular weight is 324 g/mol. The maximum atomic E-state index is 13.0. The van der Waals surface area contributed by atoms with Crippen molar-refractivity contribution in [1.82, 2.24) is 15.0 Å². The number of terminal acetylenes is 1. The number of aromatic nitrogens is 2. The summed E-state index contributed by atoms with van der Waals surface area (Å²) >= 11 is 0. The van der Waals surface area contributed by atoms with Crippen LogP contribution in [0.4, 0.5) is 0 Å². The minimum atomic E-state index is -0.790. The molecule has 1 aliphatic carbocycles. The summed E-state index contributed by atoms with van der Waals surface area (Å²) in [5.74, 6) is 1.26. The predicted molar refractivity (Wildman–Crippen MR) is 86.0 cm³/mol. The van der Waals surface area contributed by atoms with E-state index in [1.54, 1.807) is 6.08 Å². The van der Waals surface area contributed by atoms with Gasteiger partial charge in [-0.05, 0) is 25.2 Å². The number of carbonyl (C=O) groups is 3. The summed E-state index contributed by atoms with van der Waals surface area (Å²) in [6, 6.07) is -0.790. The Morgan fingerprint density at radius 2 is 2.25 bits per heavy atom. The van der Waals surface area contributed by atoms with Crippen molar-refractivity contribution in [3.05, 3.63) is 42.0 Å². The van der Waals surface area contributed by atoms with Crippen molar-refractivity contribution >= 4 is 17.7 Å². The summed E-state index contributed by atoms with van der Waals surface area (Å²) in [6.45, 7) is 0. The van der Waals surface area contributed by atoms with Crippen LogP contribution in [0, 0.1) is 12.3 Å². The molecule has 1 aliphatic heterocycles. The third-order valence-electron chi connectivity index (χ3n) is 3.97. The van der Waals surface area contributed by atoms with E-state index in [1.807, 2.05) is 12.2 Å². The topological polar surface area (TPSA) is 84.3 Å². The number of piperidine rings is 1. The van der Waals surface area contributed by atoms with Crippen LogP contribution in [-0.2, 0) is 14.4 Å². The molecule has 2 heterocycles. The molecule has 1 atom stereocenters. The van der Waals surface area contributed by atoms with Crippen LogP contribution < -0.4 is 10.3 Å². The van der Waals surface area contributed by atoms with Gasteiger partial charge < -0.3 is 0 Å². The molecule has 1 aromatic rings. The second-order valence-electron chi connectivity index (χ2n) is 5.56. The van der Waals surface area contributed by atoms with E-state index in [1.165, 1.54) is 22.2 Å². The van der Waals surface area contributed by atoms with Crippen molar-refractivity contribution in [2.75, 3.05) is 5.01 Å². The molecule has 0 aromatic carbocycles. The fourth-order valence-electron chi connectivity index (χ4n) is 2.76. The number of allylic oxidation sites excluding steroid dienone is 3. The van der Waals surface area contributed by atoms with Gasteiger partial charge in [-0.15, -0.1) is 6.42 Å². The zero-order valence-electron chi connectivity index (χ0n) is 12.9. The molecule has 0 spiro atoms. The van der Waals surface area contributed by atoms with Gasteiger partial charge in [0.2, 0.25) is 5.91 Å². The normalized spacial score (nSPS) is 20.1. The van der Waals surface area contributed by atoms with Gasteiger partial charge in [-0.2, -0.15) is 0 Å². The van der Waals surface area contributed by atoms with Crippen LogP contribution in [0.2, 0.25) is 0 Å². The maximum absolute atomic E-state index is 13.0. The van der Waals surface area contributed by atoms with E-state index in [0.29, 0.717) is 17.7 Å². The fourth-order valence-corrected chi connectivity index (χ4v) is 2.76. The minimum absolute atomic E-state index is 0.176. The number of imidazole rings is 1. The molecule has 0 bridgehead atoms. The number of carbonyl (C=O) groups excluding carboxylic acids is 3. The molecular weight excluding hydrogens is 308 g/mol. The largest absolute Gasteiger partial charge is 0.295 e. The van der Waals surface area contributed by atoms with Gasteiger partial charge in [0.05, 0.1) is 6.20 Å². The molecule has 1 fully saturated rings. The molecule has 122 valence electrons. The lowest BCUT2D eigenvalue weighted by Gasteiger charge is -2.33. The Morgan fingerprint density at radius 3 is 2.88 bits per heavy atom. The fraction of sp³-hybridized carbons (Fsp3) is 0.294. The third-order valence-corrected chi connectivity index (χ3v) is 3.97. The Labute approximate surface area is 139 Å². The van der Waals surface area contributed by atoms with Gasteiger partial charge in [-0.1, -0.05) is 18.2 Å². The third kappa shape index (κ3) is 2.99. The van der Waals surface area contributed by atoms with Gasteiger partial charge in [-0.25, -0.2) is 14.7 Å². The van der Waals surface area contributed by atoms with E-state index in [9.17, 15) is 14.4 Å². The summed E-state index contributed by atoms with van der Waals surface area (Å²) in [5, 5.41) is 3.60. The van der Waals surface area contributed by atoms with Crippen LogP contribution in [0.15, 0.2) is 36.3 Å². The lowest BCUT2D eigenvalue weighted by Crippen LogP contribution is -2.58. The van der Waals surface area contributed by atoms with Crippen LogP contribution in [0.25, 0.3) is 0 Å².